The zero-order valence-electron chi connectivity index (χ0n) is 14.3. The molecule has 0 aliphatic heterocycles. The summed E-state index contributed by atoms with van der Waals surface area (Å²) in [6.45, 7) is 3.98. The van der Waals surface area contributed by atoms with Gasteiger partial charge in [0.25, 0.3) is 0 Å². The minimum Gasteiger partial charge on any atom is -0.507 e. The van der Waals surface area contributed by atoms with Crippen LogP contribution in [0.1, 0.15) is 16.7 Å². The maximum Gasteiger partial charge on any atom is 0.246 e. The molecule has 0 aliphatic carbocycles. The number of aryl methyl sites for hydroxylation is 1. The number of fused-ring (bicyclic) bond motifs is 1. The van der Waals surface area contributed by atoms with E-state index in [4.69, 9.17) is 0 Å². The molecule has 0 saturated carbocycles. The minimum absolute atomic E-state index is 0.00393. The van der Waals surface area contributed by atoms with E-state index in [0.29, 0.717) is 5.56 Å². The number of benzene rings is 3. The van der Waals surface area contributed by atoms with Gasteiger partial charge in [-0.25, -0.2) is 0 Å². The monoisotopic (exact) mass is 332 g/mol. The summed E-state index contributed by atoms with van der Waals surface area (Å²) in [6, 6.07) is 17.0. The molecule has 1 amide bonds. The average Bonchev–Trinajstić information content (AvgIpc) is 2.61. The Balaban J connectivity index is 1.74. The second kappa shape index (κ2) is 7.18. The van der Waals surface area contributed by atoms with Crippen molar-refractivity contribution < 1.29 is 9.90 Å². The molecule has 4 heteroatoms. The van der Waals surface area contributed by atoms with Gasteiger partial charge in [-0.1, -0.05) is 42.5 Å². The fraction of sp³-hybridized carbons (Fsp3) is 0.143. The largest absolute Gasteiger partial charge is 0.507 e. The molecule has 3 rings (SSSR count). The van der Waals surface area contributed by atoms with Crippen molar-refractivity contribution in [2.45, 2.75) is 13.8 Å². The predicted octanol–water partition coefficient (Wildman–Crippen LogP) is 4.22. The first-order valence-electron chi connectivity index (χ1n) is 8.13. The van der Waals surface area contributed by atoms with Gasteiger partial charge in [-0.15, -0.1) is 0 Å². The Morgan fingerprint density at radius 2 is 1.88 bits per heavy atom. The summed E-state index contributed by atoms with van der Waals surface area (Å²) >= 11 is 0. The summed E-state index contributed by atoms with van der Waals surface area (Å²) in [5.74, 6) is -0.0398. The van der Waals surface area contributed by atoms with E-state index in [1.807, 2.05) is 62.4 Å². The van der Waals surface area contributed by atoms with Crippen LogP contribution >= 0.6 is 0 Å². The van der Waals surface area contributed by atoms with E-state index in [1.165, 1.54) is 0 Å². The third-order valence-electron chi connectivity index (χ3n) is 4.28. The number of carbonyl (C=O) groups excluding carboxylic acids is 1. The lowest BCUT2D eigenvalue weighted by Crippen LogP contribution is -2.15. The highest BCUT2D eigenvalue weighted by molar-refractivity contribution is 6.03. The number of aromatic hydroxyl groups is 1. The molecule has 3 aromatic carbocycles. The van der Waals surface area contributed by atoms with E-state index < -0.39 is 0 Å². The Bertz CT molecular complexity index is 961. The van der Waals surface area contributed by atoms with Crippen molar-refractivity contribution in [3.05, 3.63) is 71.3 Å². The van der Waals surface area contributed by atoms with Gasteiger partial charge in [0.05, 0.1) is 0 Å². The number of hydrogen-bond donors (Lipinski definition) is 2. The molecule has 0 unspecified atom stereocenters. The predicted molar refractivity (Wildman–Crippen MR) is 103 cm³/mol. The summed E-state index contributed by atoms with van der Waals surface area (Å²) in [7, 11) is 0. The zero-order valence-corrected chi connectivity index (χ0v) is 14.3. The van der Waals surface area contributed by atoms with Gasteiger partial charge in [0.15, 0.2) is 0 Å². The standard InChI is InChI=1S/C21H20N2O2/c1-14-6-5-9-19(15(14)2)23-21(25)13-22-12-18-17-8-4-3-7-16(17)10-11-20(18)24/h3-12,24H,13H2,1-2H3,(H,23,25). The fourth-order valence-corrected chi connectivity index (χ4v) is 2.72. The third kappa shape index (κ3) is 3.69. The van der Waals surface area contributed by atoms with E-state index in [2.05, 4.69) is 10.3 Å². The number of amides is 1. The van der Waals surface area contributed by atoms with Crippen LogP contribution in [0.4, 0.5) is 5.69 Å². The molecular formula is C21H20N2O2. The number of nitrogens with zero attached hydrogens (tertiary/aromatic N) is 1. The number of aliphatic imine (C=N–C) groups is 1. The first-order valence-corrected chi connectivity index (χ1v) is 8.13. The van der Waals surface area contributed by atoms with Crippen molar-refractivity contribution in [1.29, 1.82) is 0 Å². The SMILES string of the molecule is Cc1cccc(NC(=O)CN=Cc2c(O)ccc3ccccc23)c1C. The minimum atomic E-state index is -0.190. The van der Waals surface area contributed by atoms with Crippen LogP contribution in [0.3, 0.4) is 0 Å². The Morgan fingerprint density at radius 1 is 1.08 bits per heavy atom. The van der Waals surface area contributed by atoms with Crippen LogP contribution < -0.4 is 5.32 Å². The first kappa shape index (κ1) is 16.7. The van der Waals surface area contributed by atoms with Gasteiger partial charge < -0.3 is 10.4 Å². The topological polar surface area (TPSA) is 61.7 Å². The van der Waals surface area contributed by atoms with E-state index >= 15 is 0 Å². The van der Waals surface area contributed by atoms with E-state index in [1.54, 1.807) is 12.3 Å². The molecule has 0 spiro atoms. The lowest BCUT2D eigenvalue weighted by atomic mass is 10.0. The van der Waals surface area contributed by atoms with Gasteiger partial charge in [-0.3, -0.25) is 9.79 Å². The van der Waals surface area contributed by atoms with Gasteiger partial charge in [0.2, 0.25) is 5.91 Å². The average molecular weight is 332 g/mol. The molecule has 25 heavy (non-hydrogen) atoms. The van der Waals surface area contributed by atoms with E-state index in [-0.39, 0.29) is 18.2 Å². The maximum atomic E-state index is 12.1. The van der Waals surface area contributed by atoms with Crippen LogP contribution in [0.2, 0.25) is 0 Å². The summed E-state index contributed by atoms with van der Waals surface area (Å²) in [5, 5.41) is 14.9. The number of carbonyl (C=O) groups is 1. The van der Waals surface area contributed by atoms with Crippen LogP contribution in [0.15, 0.2) is 59.6 Å². The third-order valence-corrected chi connectivity index (χ3v) is 4.28. The van der Waals surface area contributed by atoms with Gasteiger partial charge in [0, 0.05) is 17.5 Å². The van der Waals surface area contributed by atoms with E-state index in [0.717, 1.165) is 27.6 Å². The van der Waals surface area contributed by atoms with Crippen molar-refractivity contribution in [1.82, 2.24) is 0 Å². The summed E-state index contributed by atoms with van der Waals surface area (Å²) < 4.78 is 0. The molecule has 0 bridgehead atoms. The summed E-state index contributed by atoms with van der Waals surface area (Å²) in [6.07, 6.45) is 1.56. The highest BCUT2D eigenvalue weighted by atomic mass is 16.3. The highest BCUT2D eigenvalue weighted by Crippen LogP contribution is 2.25. The van der Waals surface area contributed by atoms with Crippen LogP contribution in [-0.2, 0) is 4.79 Å². The lowest BCUT2D eigenvalue weighted by Gasteiger charge is -2.09. The quantitative estimate of drug-likeness (QED) is 0.703. The number of hydrogen-bond acceptors (Lipinski definition) is 3. The van der Waals surface area contributed by atoms with Gasteiger partial charge in [0.1, 0.15) is 12.3 Å². The molecule has 0 radical (unpaired) electrons. The van der Waals surface area contributed by atoms with Crippen molar-refractivity contribution in [3.63, 3.8) is 0 Å². The first-order chi connectivity index (χ1) is 12.1. The number of phenols is 1. The van der Waals surface area contributed by atoms with Crippen LogP contribution in [-0.4, -0.2) is 23.8 Å². The Morgan fingerprint density at radius 3 is 2.72 bits per heavy atom. The molecule has 0 aliphatic rings. The van der Waals surface area contributed by atoms with Crippen molar-refractivity contribution >= 4 is 28.6 Å². The molecule has 126 valence electrons. The number of nitrogens with one attached hydrogen (secondary N) is 1. The molecule has 0 atom stereocenters. The van der Waals surface area contributed by atoms with Crippen LogP contribution in [0.25, 0.3) is 10.8 Å². The number of rotatable bonds is 4. The molecule has 3 aromatic rings. The molecule has 0 saturated heterocycles. The molecule has 4 nitrogen and oxygen atoms in total. The molecule has 0 aromatic heterocycles. The smallest absolute Gasteiger partial charge is 0.246 e. The molecular weight excluding hydrogens is 312 g/mol. The van der Waals surface area contributed by atoms with Gasteiger partial charge in [-0.2, -0.15) is 0 Å². The molecule has 0 heterocycles. The Hall–Kier alpha value is -3.14. The number of anilines is 1. The normalized spacial score (nSPS) is 11.1. The van der Waals surface area contributed by atoms with Crippen LogP contribution in [0.5, 0.6) is 5.75 Å². The van der Waals surface area contributed by atoms with Crippen molar-refractivity contribution in [2.24, 2.45) is 4.99 Å². The lowest BCUT2D eigenvalue weighted by molar-refractivity contribution is -0.114. The van der Waals surface area contributed by atoms with Gasteiger partial charge >= 0.3 is 0 Å². The second-order valence-electron chi connectivity index (χ2n) is 5.98. The van der Waals surface area contributed by atoms with Crippen molar-refractivity contribution in [2.75, 3.05) is 11.9 Å². The van der Waals surface area contributed by atoms with Crippen molar-refractivity contribution in [3.8, 4) is 5.75 Å². The Kier molecular flexibility index (Phi) is 4.80. The van der Waals surface area contributed by atoms with Gasteiger partial charge in [-0.05, 0) is 47.9 Å². The molecule has 2 N–H and O–H groups in total. The fourth-order valence-electron chi connectivity index (χ4n) is 2.72. The van der Waals surface area contributed by atoms with E-state index in [9.17, 15) is 9.90 Å². The summed E-state index contributed by atoms with van der Waals surface area (Å²) in [5.41, 5.74) is 3.60. The maximum absolute atomic E-state index is 12.1. The highest BCUT2D eigenvalue weighted by Gasteiger charge is 2.06. The van der Waals surface area contributed by atoms with Crippen LogP contribution in [0, 0.1) is 13.8 Å². The zero-order chi connectivity index (χ0) is 17.8. The summed E-state index contributed by atoms with van der Waals surface area (Å²) in [4.78, 5) is 16.3. The molecule has 0 fully saturated rings. The second-order valence-corrected chi connectivity index (χ2v) is 5.98. The number of phenolic OH excluding ortho intramolecular Hbond substituents is 1. The Labute approximate surface area is 146 Å².